The zero-order valence-electron chi connectivity index (χ0n) is 8.61. The zero-order valence-corrected chi connectivity index (χ0v) is 9.37. The van der Waals surface area contributed by atoms with Gasteiger partial charge in [0.15, 0.2) is 0 Å². The smallest absolute Gasteiger partial charge is 0.0455 e. The Hall–Kier alpha value is -0.690. The molecule has 0 saturated heterocycles. The van der Waals surface area contributed by atoms with E-state index in [-0.39, 0.29) is 5.41 Å². The Morgan fingerprint density at radius 2 is 1.77 bits per heavy atom. The van der Waals surface area contributed by atoms with Crippen molar-refractivity contribution in [3.63, 3.8) is 0 Å². The standard InChI is InChI=1S/C11H16ClN/c1-7-9(12)6-5-8(10(7)13)11(2,3)4/h5-6H,13H2,1-4H3. The molecule has 72 valence electrons. The Morgan fingerprint density at radius 3 is 2.23 bits per heavy atom. The molecule has 1 aromatic carbocycles. The molecule has 0 unspecified atom stereocenters. The lowest BCUT2D eigenvalue weighted by Crippen LogP contribution is -2.14. The van der Waals surface area contributed by atoms with Crippen molar-refractivity contribution in [1.29, 1.82) is 0 Å². The van der Waals surface area contributed by atoms with Crippen LogP contribution in [0.4, 0.5) is 5.69 Å². The molecule has 0 radical (unpaired) electrons. The number of nitrogens with two attached hydrogens (primary N) is 1. The first kappa shape index (κ1) is 10.4. The van der Waals surface area contributed by atoms with E-state index in [4.69, 9.17) is 17.3 Å². The summed E-state index contributed by atoms with van der Waals surface area (Å²) in [6, 6.07) is 3.92. The van der Waals surface area contributed by atoms with Gasteiger partial charge in [0, 0.05) is 10.7 Å². The van der Waals surface area contributed by atoms with Crippen LogP contribution in [0.25, 0.3) is 0 Å². The zero-order chi connectivity index (χ0) is 10.2. The SMILES string of the molecule is Cc1c(Cl)ccc(C(C)(C)C)c1N. The van der Waals surface area contributed by atoms with E-state index in [0.29, 0.717) is 0 Å². The van der Waals surface area contributed by atoms with Crippen molar-refractivity contribution >= 4 is 17.3 Å². The van der Waals surface area contributed by atoms with Crippen molar-refractivity contribution in [2.24, 2.45) is 0 Å². The summed E-state index contributed by atoms with van der Waals surface area (Å²) in [5.41, 5.74) is 9.03. The molecule has 0 aliphatic carbocycles. The summed E-state index contributed by atoms with van der Waals surface area (Å²) in [5.74, 6) is 0. The Balaban J connectivity index is 3.35. The summed E-state index contributed by atoms with van der Waals surface area (Å²) < 4.78 is 0. The van der Waals surface area contributed by atoms with E-state index in [0.717, 1.165) is 21.8 Å². The van der Waals surface area contributed by atoms with Crippen LogP contribution in [-0.4, -0.2) is 0 Å². The second-order valence-corrected chi connectivity index (χ2v) is 4.79. The monoisotopic (exact) mass is 197 g/mol. The lowest BCUT2D eigenvalue weighted by Gasteiger charge is -2.22. The van der Waals surface area contributed by atoms with E-state index < -0.39 is 0 Å². The number of hydrogen-bond donors (Lipinski definition) is 1. The Morgan fingerprint density at radius 1 is 1.23 bits per heavy atom. The van der Waals surface area contributed by atoms with Gasteiger partial charge in [-0.3, -0.25) is 0 Å². The predicted octanol–water partition coefficient (Wildman–Crippen LogP) is 3.53. The van der Waals surface area contributed by atoms with E-state index in [1.54, 1.807) is 0 Å². The van der Waals surface area contributed by atoms with Crippen molar-refractivity contribution < 1.29 is 0 Å². The molecule has 1 rings (SSSR count). The third kappa shape index (κ3) is 1.97. The van der Waals surface area contributed by atoms with Crippen molar-refractivity contribution in [3.8, 4) is 0 Å². The summed E-state index contributed by atoms with van der Waals surface area (Å²) >= 11 is 5.96. The van der Waals surface area contributed by atoms with Gasteiger partial charge < -0.3 is 5.73 Å². The fourth-order valence-corrected chi connectivity index (χ4v) is 1.52. The molecule has 2 N–H and O–H groups in total. The fourth-order valence-electron chi connectivity index (χ4n) is 1.36. The average molecular weight is 198 g/mol. The van der Waals surface area contributed by atoms with E-state index in [2.05, 4.69) is 20.8 Å². The predicted molar refractivity (Wildman–Crippen MR) is 59.3 cm³/mol. The molecule has 0 aliphatic heterocycles. The maximum absolute atomic E-state index is 5.99. The van der Waals surface area contributed by atoms with Gasteiger partial charge in [-0.15, -0.1) is 0 Å². The van der Waals surface area contributed by atoms with Gasteiger partial charge in [0.05, 0.1) is 0 Å². The summed E-state index contributed by atoms with van der Waals surface area (Å²) in [5, 5.41) is 0.741. The van der Waals surface area contributed by atoms with Crippen molar-refractivity contribution in [1.82, 2.24) is 0 Å². The third-order valence-corrected chi connectivity index (χ3v) is 2.67. The van der Waals surface area contributed by atoms with Gasteiger partial charge in [0.1, 0.15) is 0 Å². The third-order valence-electron chi connectivity index (χ3n) is 2.26. The second kappa shape index (κ2) is 3.22. The van der Waals surface area contributed by atoms with Gasteiger partial charge in [-0.25, -0.2) is 0 Å². The Bertz CT molecular complexity index is 324. The Labute approximate surface area is 84.9 Å². The second-order valence-electron chi connectivity index (χ2n) is 4.38. The van der Waals surface area contributed by atoms with Gasteiger partial charge in [0.25, 0.3) is 0 Å². The summed E-state index contributed by atoms with van der Waals surface area (Å²) in [6.45, 7) is 8.39. The van der Waals surface area contributed by atoms with Crippen LogP contribution >= 0.6 is 11.6 Å². The van der Waals surface area contributed by atoms with E-state index >= 15 is 0 Å². The van der Waals surface area contributed by atoms with E-state index in [9.17, 15) is 0 Å². The summed E-state index contributed by atoms with van der Waals surface area (Å²) in [6.07, 6.45) is 0. The van der Waals surface area contributed by atoms with Gasteiger partial charge >= 0.3 is 0 Å². The fraction of sp³-hybridized carbons (Fsp3) is 0.455. The van der Waals surface area contributed by atoms with Crippen molar-refractivity contribution in [2.45, 2.75) is 33.1 Å². The van der Waals surface area contributed by atoms with Crippen LogP contribution in [0.1, 0.15) is 31.9 Å². The highest BCUT2D eigenvalue weighted by molar-refractivity contribution is 6.31. The molecule has 0 heterocycles. The molecule has 1 nitrogen and oxygen atoms in total. The highest BCUT2D eigenvalue weighted by atomic mass is 35.5. The van der Waals surface area contributed by atoms with Crippen LogP contribution in [0.15, 0.2) is 12.1 Å². The first-order chi connectivity index (χ1) is 5.84. The minimum absolute atomic E-state index is 0.0828. The Kier molecular flexibility index (Phi) is 2.58. The van der Waals surface area contributed by atoms with Gasteiger partial charge in [-0.2, -0.15) is 0 Å². The average Bonchev–Trinajstić information content (AvgIpc) is 1.98. The maximum Gasteiger partial charge on any atom is 0.0455 e. The summed E-state index contributed by atoms with van der Waals surface area (Å²) in [7, 11) is 0. The minimum Gasteiger partial charge on any atom is -0.398 e. The number of anilines is 1. The number of nitrogen functional groups attached to an aromatic ring is 1. The van der Waals surface area contributed by atoms with Crippen molar-refractivity contribution in [2.75, 3.05) is 5.73 Å². The van der Waals surface area contributed by atoms with Crippen LogP contribution in [-0.2, 0) is 5.41 Å². The van der Waals surface area contributed by atoms with E-state index in [1.807, 2.05) is 19.1 Å². The maximum atomic E-state index is 5.99. The number of rotatable bonds is 0. The molecule has 0 fully saturated rings. The molecule has 0 atom stereocenters. The van der Waals surface area contributed by atoms with Crippen LogP contribution in [0.3, 0.4) is 0 Å². The number of benzene rings is 1. The molecule has 13 heavy (non-hydrogen) atoms. The molecule has 2 heteroatoms. The van der Waals surface area contributed by atoms with Crippen LogP contribution in [0.2, 0.25) is 5.02 Å². The van der Waals surface area contributed by atoms with Crippen LogP contribution in [0, 0.1) is 6.92 Å². The lowest BCUT2D eigenvalue weighted by atomic mass is 9.85. The summed E-state index contributed by atoms with van der Waals surface area (Å²) in [4.78, 5) is 0. The first-order valence-corrected chi connectivity index (χ1v) is 4.77. The highest BCUT2D eigenvalue weighted by Gasteiger charge is 2.18. The molecule has 1 aromatic rings. The number of hydrogen-bond acceptors (Lipinski definition) is 1. The van der Waals surface area contributed by atoms with Gasteiger partial charge in [-0.1, -0.05) is 38.4 Å². The van der Waals surface area contributed by atoms with Crippen molar-refractivity contribution in [3.05, 3.63) is 28.3 Å². The minimum atomic E-state index is 0.0828. The largest absolute Gasteiger partial charge is 0.398 e. The number of halogens is 1. The normalized spacial score (nSPS) is 11.8. The van der Waals surface area contributed by atoms with E-state index in [1.165, 1.54) is 0 Å². The topological polar surface area (TPSA) is 26.0 Å². The molecule has 0 bridgehead atoms. The molecular weight excluding hydrogens is 182 g/mol. The molecular formula is C11H16ClN. The molecule has 0 spiro atoms. The van der Waals surface area contributed by atoms with Gasteiger partial charge in [-0.05, 0) is 29.5 Å². The van der Waals surface area contributed by atoms with Gasteiger partial charge in [0.2, 0.25) is 0 Å². The molecule has 0 aliphatic rings. The molecule has 0 amide bonds. The molecule has 0 aromatic heterocycles. The lowest BCUT2D eigenvalue weighted by molar-refractivity contribution is 0.592. The van der Waals surface area contributed by atoms with Crippen LogP contribution < -0.4 is 5.73 Å². The first-order valence-electron chi connectivity index (χ1n) is 4.39. The highest BCUT2D eigenvalue weighted by Crippen LogP contribution is 2.32. The quantitative estimate of drug-likeness (QED) is 0.633. The van der Waals surface area contributed by atoms with Crippen LogP contribution in [0.5, 0.6) is 0 Å². The molecule has 0 saturated carbocycles.